The summed E-state index contributed by atoms with van der Waals surface area (Å²) < 4.78 is 6.99. The topological polar surface area (TPSA) is 73.2 Å². The first-order chi connectivity index (χ1) is 12.7. The molecule has 0 radical (unpaired) electrons. The van der Waals surface area contributed by atoms with Crippen LogP contribution in [0.2, 0.25) is 0 Å². The largest absolute Gasteiger partial charge is 0.496 e. The number of hydrogen-bond acceptors (Lipinski definition) is 5. The van der Waals surface area contributed by atoms with Gasteiger partial charge in [0.1, 0.15) is 5.75 Å². The molecule has 0 bridgehead atoms. The van der Waals surface area contributed by atoms with E-state index in [2.05, 4.69) is 10.3 Å². The number of amides is 1. The van der Waals surface area contributed by atoms with E-state index in [0.29, 0.717) is 34.7 Å². The van der Waals surface area contributed by atoms with Crippen molar-refractivity contribution >= 4 is 28.6 Å². The number of rotatable bonds is 4. The van der Waals surface area contributed by atoms with Gasteiger partial charge in [-0.1, -0.05) is 30.0 Å². The molecule has 0 saturated carbocycles. The van der Waals surface area contributed by atoms with Gasteiger partial charge in [-0.2, -0.15) is 0 Å². The second-order valence-corrected chi connectivity index (χ2v) is 6.99. The highest BCUT2D eigenvalue weighted by atomic mass is 32.2. The van der Waals surface area contributed by atoms with Crippen LogP contribution in [0.1, 0.15) is 15.9 Å². The molecule has 2 aromatic carbocycles. The standard InChI is InChI=1S/C19H17N3O3S/c1-25-16-5-3-2-4-13(16)11-20-17(23)12-6-7-14-15(10-12)21-19-22(18(14)24)8-9-26-19/h2-7,10H,8-9,11H2,1H3,(H,20,23). The summed E-state index contributed by atoms with van der Waals surface area (Å²) in [6.07, 6.45) is 0. The van der Waals surface area contributed by atoms with Crippen molar-refractivity contribution in [2.45, 2.75) is 18.2 Å². The van der Waals surface area contributed by atoms with Crippen molar-refractivity contribution in [3.05, 3.63) is 63.9 Å². The molecule has 3 aromatic rings. The van der Waals surface area contributed by atoms with Crippen molar-refractivity contribution in [1.82, 2.24) is 14.9 Å². The maximum absolute atomic E-state index is 12.5. The molecular weight excluding hydrogens is 350 g/mol. The maximum Gasteiger partial charge on any atom is 0.262 e. The highest BCUT2D eigenvalue weighted by Crippen LogP contribution is 2.24. The van der Waals surface area contributed by atoms with Gasteiger partial charge in [-0.05, 0) is 24.3 Å². The molecule has 0 unspecified atom stereocenters. The minimum Gasteiger partial charge on any atom is -0.496 e. The van der Waals surface area contributed by atoms with Crippen LogP contribution in [0.15, 0.2) is 52.4 Å². The van der Waals surface area contributed by atoms with E-state index in [1.165, 1.54) is 0 Å². The van der Waals surface area contributed by atoms with Gasteiger partial charge in [0.25, 0.3) is 11.5 Å². The fourth-order valence-electron chi connectivity index (χ4n) is 3.00. The predicted molar refractivity (Wildman–Crippen MR) is 101 cm³/mol. The van der Waals surface area contributed by atoms with Crippen molar-refractivity contribution in [2.75, 3.05) is 12.9 Å². The fraction of sp³-hybridized carbons (Fsp3) is 0.211. The molecule has 6 nitrogen and oxygen atoms in total. The second kappa shape index (κ2) is 6.84. The zero-order chi connectivity index (χ0) is 18.1. The Balaban J connectivity index is 1.59. The van der Waals surface area contributed by atoms with Crippen LogP contribution in [-0.4, -0.2) is 28.3 Å². The van der Waals surface area contributed by atoms with E-state index in [9.17, 15) is 9.59 Å². The first-order valence-electron chi connectivity index (χ1n) is 8.25. The summed E-state index contributed by atoms with van der Waals surface area (Å²) in [6, 6.07) is 12.6. The van der Waals surface area contributed by atoms with Crippen LogP contribution in [0, 0.1) is 0 Å². The average Bonchev–Trinajstić information content (AvgIpc) is 3.14. The van der Waals surface area contributed by atoms with E-state index >= 15 is 0 Å². The minimum absolute atomic E-state index is 0.0454. The summed E-state index contributed by atoms with van der Waals surface area (Å²) in [5, 5.41) is 4.14. The Labute approximate surface area is 154 Å². The molecule has 0 saturated heterocycles. The van der Waals surface area contributed by atoms with E-state index in [1.807, 2.05) is 24.3 Å². The smallest absolute Gasteiger partial charge is 0.262 e. The summed E-state index contributed by atoms with van der Waals surface area (Å²) in [5.74, 6) is 1.37. The Bertz CT molecular complexity index is 1060. The number of nitrogens with one attached hydrogen (secondary N) is 1. The van der Waals surface area contributed by atoms with Crippen LogP contribution in [0.5, 0.6) is 5.75 Å². The molecule has 2 heterocycles. The number of hydrogen-bond donors (Lipinski definition) is 1. The molecule has 132 valence electrons. The molecule has 1 amide bonds. The van der Waals surface area contributed by atoms with Crippen molar-refractivity contribution in [2.24, 2.45) is 0 Å². The Morgan fingerprint density at radius 1 is 1.31 bits per heavy atom. The third-order valence-electron chi connectivity index (χ3n) is 4.36. The fourth-order valence-corrected chi connectivity index (χ4v) is 3.95. The Morgan fingerprint density at radius 2 is 2.15 bits per heavy atom. The first kappa shape index (κ1) is 16.7. The molecular formula is C19H17N3O3S. The quantitative estimate of drug-likeness (QED) is 0.717. The summed E-state index contributed by atoms with van der Waals surface area (Å²) in [4.78, 5) is 29.5. The van der Waals surface area contributed by atoms with Gasteiger partial charge in [0.15, 0.2) is 5.16 Å². The van der Waals surface area contributed by atoms with Gasteiger partial charge in [-0.3, -0.25) is 14.2 Å². The number of aromatic nitrogens is 2. The van der Waals surface area contributed by atoms with Crippen LogP contribution in [0.3, 0.4) is 0 Å². The van der Waals surface area contributed by atoms with E-state index in [4.69, 9.17) is 4.74 Å². The van der Waals surface area contributed by atoms with Gasteiger partial charge < -0.3 is 10.1 Å². The van der Waals surface area contributed by atoms with E-state index < -0.39 is 0 Å². The van der Waals surface area contributed by atoms with Crippen molar-refractivity contribution in [1.29, 1.82) is 0 Å². The van der Waals surface area contributed by atoms with Crippen LogP contribution in [0.25, 0.3) is 10.9 Å². The number of carbonyl (C=O) groups is 1. The molecule has 0 fully saturated rings. The van der Waals surface area contributed by atoms with Crippen LogP contribution in [0.4, 0.5) is 0 Å². The summed E-state index contributed by atoms with van der Waals surface area (Å²) in [5.41, 5.74) is 1.89. The van der Waals surface area contributed by atoms with Crippen molar-refractivity contribution < 1.29 is 9.53 Å². The van der Waals surface area contributed by atoms with E-state index in [-0.39, 0.29) is 11.5 Å². The molecule has 1 aliphatic heterocycles. The molecule has 1 aromatic heterocycles. The number of carbonyl (C=O) groups excluding carboxylic acids is 1. The highest BCUT2D eigenvalue weighted by Gasteiger charge is 2.17. The molecule has 1 aliphatic rings. The van der Waals surface area contributed by atoms with Gasteiger partial charge in [0.2, 0.25) is 0 Å². The van der Waals surface area contributed by atoms with Gasteiger partial charge in [0.05, 0.1) is 18.0 Å². The highest BCUT2D eigenvalue weighted by molar-refractivity contribution is 7.99. The van der Waals surface area contributed by atoms with Crippen LogP contribution in [-0.2, 0) is 13.1 Å². The maximum atomic E-state index is 12.5. The van der Waals surface area contributed by atoms with E-state index in [0.717, 1.165) is 17.1 Å². The van der Waals surface area contributed by atoms with Gasteiger partial charge in [0, 0.05) is 30.0 Å². The summed E-state index contributed by atoms with van der Waals surface area (Å²) in [7, 11) is 1.60. The van der Waals surface area contributed by atoms with E-state index in [1.54, 1.807) is 41.6 Å². The summed E-state index contributed by atoms with van der Waals surface area (Å²) >= 11 is 1.56. The Morgan fingerprint density at radius 3 is 3.00 bits per heavy atom. The molecule has 7 heteroatoms. The number of fused-ring (bicyclic) bond motifs is 2. The number of para-hydroxylation sites is 1. The Hall–Kier alpha value is -2.80. The molecule has 26 heavy (non-hydrogen) atoms. The number of nitrogens with zero attached hydrogens (tertiary/aromatic N) is 2. The van der Waals surface area contributed by atoms with Crippen molar-refractivity contribution in [3.8, 4) is 5.75 Å². The zero-order valence-electron chi connectivity index (χ0n) is 14.2. The van der Waals surface area contributed by atoms with Gasteiger partial charge in [-0.15, -0.1) is 0 Å². The lowest BCUT2D eigenvalue weighted by molar-refractivity contribution is 0.0951. The van der Waals surface area contributed by atoms with Crippen LogP contribution >= 0.6 is 11.8 Å². The predicted octanol–water partition coefficient (Wildman–Crippen LogP) is 2.44. The molecule has 0 aliphatic carbocycles. The number of methoxy groups -OCH3 is 1. The lowest BCUT2D eigenvalue weighted by atomic mass is 10.1. The van der Waals surface area contributed by atoms with Gasteiger partial charge >= 0.3 is 0 Å². The SMILES string of the molecule is COc1ccccc1CNC(=O)c1ccc2c(=O)n3c(nc2c1)SCC3. The van der Waals surface area contributed by atoms with Crippen LogP contribution < -0.4 is 15.6 Å². The van der Waals surface area contributed by atoms with Crippen molar-refractivity contribution in [3.63, 3.8) is 0 Å². The monoisotopic (exact) mass is 367 g/mol. The molecule has 1 N–H and O–H groups in total. The second-order valence-electron chi connectivity index (χ2n) is 5.93. The number of thioether (sulfide) groups is 1. The summed E-state index contributed by atoms with van der Waals surface area (Å²) in [6.45, 7) is 1.04. The number of ether oxygens (including phenoxy) is 1. The Kier molecular flexibility index (Phi) is 4.38. The molecule has 0 atom stereocenters. The number of benzene rings is 2. The third kappa shape index (κ3) is 2.94. The molecule has 0 spiro atoms. The average molecular weight is 367 g/mol. The zero-order valence-corrected chi connectivity index (χ0v) is 15.0. The molecule has 4 rings (SSSR count). The lowest BCUT2D eigenvalue weighted by Gasteiger charge is -2.10. The third-order valence-corrected chi connectivity index (χ3v) is 5.32. The van der Waals surface area contributed by atoms with Gasteiger partial charge in [-0.25, -0.2) is 4.98 Å². The minimum atomic E-state index is -0.215. The normalized spacial score (nSPS) is 12.8. The first-order valence-corrected chi connectivity index (χ1v) is 9.23. The lowest BCUT2D eigenvalue weighted by Crippen LogP contribution is -2.24.